The molecular formula is C16H19ClN4OS. The molecule has 23 heavy (non-hydrogen) atoms. The third-order valence-corrected chi connectivity index (χ3v) is 5.04. The predicted octanol–water partition coefficient (Wildman–Crippen LogP) is 3.83. The van der Waals surface area contributed by atoms with E-state index in [9.17, 15) is 4.79 Å². The van der Waals surface area contributed by atoms with Crippen LogP contribution in [-0.2, 0) is 0 Å². The van der Waals surface area contributed by atoms with Crippen LogP contribution in [0.4, 0.5) is 15.6 Å². The van der Waals surface area contributed by atoms with E-state index in [1.807, 2.05) is 23.7 Å². The highest BCUT2D eigenvalue weighted by Crippen LogP contribution is 2.24. The third-order valence-electron chi connectivity index (χ3n) is 3.88. The molecule has 1 aromatic carbocycles. The summed E-state index contributed by atoms with van der Waals surface area (Å²) < 4.78 is 0. The Hall–Kier alpha value is -1.79. The molecule has 7 heteroatoms. The summed E-state index contributed by atoms with van der Waals surface area (Å²) in [5, 5.41) is 9.32. The van der Waals surface area contributed by atoms with Gasteiger partial charge in [-0.15, -0.1) is 11.3 Å². The number of nitrogens with zero attached hydrogens (tertiary/aromatic N) is 2. The molecule has 5 nitrogen and oxygen atoms in total. The topological polar surface area (TPSA) is 57.3 Å². The lowest BCUT2D eigenvalue weighted by Crippen LogP contribution is -2.42. The number of rotatable bonds is 4. The number of carbonyl (C=O) groups excluding carboxylic acids is 1. The van der Waals surface area contributed by atoms with E-state index in [1.165, 1.54) is 0 Å². The monoisotopic (exact) mass is 350 g/mol. The molecule has 0 saturated carbocycles. The molecule has 1 atom stereocenters. The molecule has 0 spiro atoms. The number of anilines is 2. The molecule has 1 aliphatic heterocycles. The highest BCUT2D eigenvalue weighted by molar-refractivity contribution is 7.13. The largest absolute Gasteiger partial charge is 0.348 e. The number of hydrogen-bond acceptors (Lipinski definition) is 4. The standard InChI is InChI=1S/C16H19ClN4OS/c17-13-5-1-2-6-14(13)20-15(22)19-10-12-4-3-8-21(11-12)16-18-7-9-23-16/h1-2,5-7,9,12H,3-4,8,10-11H2,(H2,19,20,22). The Labute approximate surface area is 144 Å². The van der Waals surface area contributed by atoms with Gasteiger partial charge in [0.05, 0.1) is 10.7 Å². The Kier molecular flexibility index (Phi) is 5.35. The maximum Gasteiger partial charge on any atom is 0.319 e. The molecule has 1 aliphatic rings. The van der Waals surface area contributed by atoms with Crippen molar-refractivity contribution in [2.75, 3.05) is 29.9 Å². The molecular weight excluding hydrogens is 332 g/mol. The van der Waals surface area contributed by atoms with Crippen molar-refractivity contribution in [3.05, 3.63) is 40.9 Å². The third kappa shape index (κ3) is 4.36. The molecule has 1 fully saturated rings. The second kappa shape index (κ2) is 7.66. The van der Waals surface area contributed by atoms with E-state index in [4.69, 9.17) is 11.6 Å². The van der Waals surface area contributed by atoms with Crippen LogP contribution >= 0.6 is 22.9 Å². The van der Waals surface area contributed by atoms with Gasteiger partial charge < -0.3 is 15.5 Å². The van der Waals surface area contributed by atoms with Crippen molar-refractivity contribution in [3.8, 4) is 0 Å². The smallest absolute Gasteiger partial charge is 0.319 e. The first-order valence-electron chi connectivity index (χ1n) is 7.66. The minimum absolute atomic E-state index is 0.218. The number of carbonyl (C=O) groups is 1. The number of piperidine rings is 1. The molecule has 2 amide bonds. The first kappa shape index (κ1) is 16.1. The first-order chi connectivity index (χ1) is 11.2. The van der Waals surface area contributed by atoms with Gasteiger partial charge in [-0.1, -0.05) is 23.7 Å². The minimum atomic E-state index is -0.218. The SMILES string of the molecule is O=C(NCC1CCCN(c2nccs2)C1)Nc1ccccc1Cl. The highest BCUT2D eigenvalue weighted by atomic mass is 35.5. The highest BCUT2D eigenvalue weighted by Gasteiger charge is 2.21. The number of nitrogens with one attached hydrogen (secondary N) is 2. The number of thiazole rings is 1. The first-order valence-corrected chi connectivity index (χ1v) is 8.92. The normalized spacial score (nSPS) is 17.8. The minimum Gasteiger partial charge on any atom is -0.348 e. The van der Waals surface area contributed by atoms with Crippen LogP contribution in [0.1, 0.15) is 12.8 Å². The molecule has 122 valence electrons. The number of para-hydroxylation sites is 1. The van der Waals surface area contributed by atoms with Gasteiger partial charge in [-0.25, -0.2) is 9.78 Å². The van der Waals surface area contributed by atoms with Crippen LogP contribution < -0.4 is 15.5 Å². The van der Waals surface area contributed by atoms with Crippen molar-refractivity contribution in [1.29, 1.82) is 0 Å². The number of amides is 2. The molecule has 1 aromatic heterocycles. The quantitative estimate of drug-likeness (QED) is 0.881. The van der Waals surface area contributed by atoms with Crippen LogP contribution in [0.2, 0.25) is 5.02 Å². The fraction of sp³-hybridized carbons (Fsp3) is 0.375. The summed E-state index contributed by atoms with van der Waals surface area (Å²) >= 11 is 7.70. The van der Waals surface area contributed by atoms with Gasteiger partial charge in [0, 0.05) is 31.2 Å². The zero-order valence-corrected chi connectivity index (χ0v) is 14.2. The van der Waals surface area contributed by atoms with Gasteiger partial charge in [-0.3, -0.25) is 0 Å². The van der Waals surface area contributed by atoms with Crippen molar-refractivity contribution in [2.45, 2.75) is 12.8 Å². The number of urea groups is 1. The second-order valence-electron chi connectivity index (χ2n) is 5.58. The summed E-state index contributed by atoms with van der Waals surface area (Å²) in [5.41, 5.74) is 0.625. The zero-order chi connectivity index (χ0) is 16.1. The number of halogens is 1. The molecule has 2 N–H and O–H groups in total. The van der Waals surface area contributed by atoms with Crippen LogP contribution in [0, 0.1) is 5.92 Å². The Morgan fingerprint density at radius 3 is 3.09 bits per heavy atom. The number of benzene rings is 1. The molecule has 1 unspecified atom stereocenters. The lowest BCUT2D eigenvalue weighted by molar-refractivity contribution is 0.249. The van der Waals surface area contributed by atoms with Crippen LogP contribution in [-0.4, -0.2) is 30.6 Å². The van der Waals surface area contributed by atoms with Gasteiger partial charge in [-0.05, 0) is 30.9 Å². The maximum absolute atomic E-state index is 12.0. The molecule has 2 heterocycles. The van der Waals surface area contributed by atoms with E-state index in [-0.39, 0.29) is 6.03 Å². The van der Waals surface area contributed by atoms with E-state index in [1.54, 1.807) is 23.5 Å². The fourth-order valence-electron chi connectivity index (χ4n) is 2.74. The summed E-state index contributed by atoms with van der Waals surface area (Å²) in [4.78, 5) is 18.7. The van der Waals surface area contributed by atoms with Gasteiger partial charge in [-0.2, -0.15) is 0 Å². The summed E-state index contributed by atoms with van der Waals surface area (Å²) in [6, 6.07) is 7.00. The van der Waals surface area contributed by atoms with E-state index in [0.29, 0.717) is 23.2 Å². The second-order valence-corrected chi connectivity index (χ2v) is 6.86. The van der Waals surface area contributed by atoms with Gasteiger partial charge in [0.25, 0.3) is 0 Å². The molecule has 0 radical (unpaired) electrons. The zero-order valence-electron chi connectivity index (χ0n) is 12.7. The summed E-state index contributed by atoms with van der Waals surface area (Å²) in [7, 11) is 0. The molecule has 2 aromatic rings. The average Bonchev–Trinajstić information content (AvgIpc) is 3.10. The van der Waals surface area contributed by atoms with E-state index >= 15 is 0 Å². The average molecular weight is 351 g/mol. The van der Waals surface area contributed by atoms with Gasteiger partial charge in [0.1, 0.15) is 0 Å². The van der Waals surface area contributed by atoms with E-state index in [0.717, 1.165) is 31.1 Å². The van der Waals surface area contributed by atoms with Crippen molar-refractivity contribution < 1.29 is 4.79 Å². The van der Waals surface area contributed by atoms with Crippen molar-refractivity contribution in [2.24, 2.45) is 5.92 Å². The molecule has 0 bridgehead atoms. The summed E-state index contributed by atoms with van der Waals surface area (Å²) in [5.74, 6) is 0.435. The Morgan fingerprint density at radius 1 is 1.43 bits per heavy atom. The van der Waals surface area contributed by atoms with E-state index < -0.39 is 0 Å². The van der Waals surface area contributed by atoms with Crippen molar-refractivity contribution in [3.63, 3.8) is 0 Å². The molecule has 1 saturated heterocycles. The van der Waals surface area contributed by atoms with Gasteiger partial charge in [0.15, 0.2) is 5.13 Å². The van der Waals surface area contributed by atoms with Crippen molar-refractivity contribution >= 4 is 39.8 Å². The van der Waals surface area contributed by atoms with Gasteiger partial charge in [0.2, 0.25) is 0 Å². The van der Waals surface area contributed by atoms with Crippen LogP contribution in [0.5, 0.6) is 0 Å². The Balaban J connectivity index is 1.48. The maximum atomic E-state index is 12.0. The van der Waals surface area contributed by atoms with Crippen LogP contribution in [0.25, 0.3) is 0 Å². The number of aromatic nitrogens is 1. The Morgan fingerprint density at radius 2 is 2.30 bits per heavy atom. The van der Waals surface area contributed by atoms with Gasteiger partial charge >= 0.3 is 6.03 Å². The Bertz CT molecular complexity index is 649. The summed E-state index contributed by atoms with van der Waals surface area (Å²) in [6.45, 7) is 2.62. The predicted molar refractivity (Wildman–Crippen MR) is 95.5 cm³/mol. The molecule has 0 aliphatic carbocycles. The lowest BCUT2D eigenvalue weighted by Gasteiger charge is -2.32. The lowest BCUT2D eigenvalue weighted by atomic mass is 9.98. The number of hydrogen-bond donors (Lipinski definition) is 2. The van der Waals surface area contributed by atoms with Crippen molar-refractivity contribution in [1.82, 2.24) is 10.3 Å². The summed E-state index contributed by atoms with van der Waals surface area (Å²) in [6.07, 6.45) is 4.07. The molecule has 3 rings (SSSR count). The van der Waals surface area contributed by atoms with Crippen LogP contribution in [0.15, 0.2) is 35.8 Å². The fourth-order valence-corrected chi connectivity index (χ4v) is 3.61. The van der Waals surface area contributed by atoms with E-state index in [2.05, 4.69) is 20.5 Å². The van der Waals surface area contributed by atoms with Crippen LogP contribution in [0.3, 0.4) is 0 Å².